The lowest BCUT2D eigenvalue weighted by Crippen LogP contribution is -2.57. The number of halogens is 1. The molecule has 5 nitrogen and oxygen atoms in total. The maximum atomic E-state index is 12.4. The highest BCUT2D eigenvalue weighted by molar-refractivity contribution is 7.17. The lowest BCUT2D eigenvalue weighted by molar-refractivity contribution is 0.0620. The Labute approximate surface area is 138 Å². The molecule has 5 heterocycles. The average Bonchev–Trinajstić information content (AvgIpc) is 2.98. The van der Waals surface area contributed by atoms with Gasteiger partial charge in [-0.05, 0) is 43.3 Å². The number of hydrogen-bond acceptors (Lipinski definition) is 4. The van der Waals surface area contributed by atoms with Crippen LogP contribution >= 0.6 is 23.7 Å². The third kappa shape index (κ3) is 2.55. The molecule has 3 aliphatic heterocycles. The highest BCUT2D eigenvalue weighted by Gasteiger charge is 2.35. The largest absolute Gasteiger partial charge is 0.359 e. The second kappa shape index (κ2) is 6.02. The molecule has 2 bridgehead atoms. The summed E-state index contributed by atoms with van der Waals surface area (Å²) in [6.07, 6.45) is 3.82. The van der Waals surface area contributed by atoms with Crippen molar-refractivity contribution >= 4 is 39.9 Å². The maximum absolute atomic E-state index is 12.4. The summed E-state index contributed by atoms with van der Waals surface area (Å²) < 4.78 is 0.622. The fraction of sp³-hybridized carbons (Fsp3) is 0.467. The SMILES string of the molecule is Cl.O=C(N[C@@H]1CN2CCC1CC2)c1c[nH]c2ccsc2c1=O. The average molecular weight is 340 g/mol. The molecule has 0 spiro atoms. The molecule has 0 aromatic carbocycles. The molecule has 5 rings (SSSR count). The van der Waals surface area contributed by atoms with Crippen LogP contribution in [0.1, 0.15) is 23.2 Å². The van der Waals surface area contributed by atoms with Crippen LogP contribution in [-0.4, -0.2) is 41.5 Å². The first-order valence-electron chi connectivity index (χ1n) is 7.34. The van der Waals surface area contributed by atoms with Crippen LogP contribution in [0.3, 0.4) is 0 Å². The van der Waals surface area contributed by atoms with Gasteiger partial charge in [0, 0.05) is 18.8 Å². The number of nitrogens with zero attached hydrogens (tertiary/aromatic N) is 1. The van der Waals surface area contributed by atoms with E-state index in [0.29, 0.717) is 10.6 Å². The standard InChI is InChI=1S/C15H17N3O2S.ClH/c19-13-10(7-16-11-3-6-21-14(11)13)15(20)17-12-8-18-4-1-9(12)2-5-18;/h3,6-7,9,12H,1-2,4-5,8H2,(H,16,19)(H,17,20);1H/t12-;/m1./s1. The van der Waals surface area contributed by atoms with Crippen molar-refractivity contribution in [3.05, 3.63) is 33.4 Å². The molecule has 3 aliphatic rings. The fourth-order valence-electron chi connectivity index (χ4n) is 3.48. The monoisotopic (exact) mass is 339 g/mol. The number of H-pyrrole nitrogens is 1. The fourth-order valence-corrected chi connectivity index (χ4v) is 4.29. The predicted molar refractivity (Wildman–Crippen MR) is 90.1 cm³/mol. The van der Waals surface area contributed by atoms with Crippen molar-refractivity contribution in [3.63, 3.8) is 0 Å². The number of rotatable bonds is 2. The molecule has 22 heavy (non-hydrogen) atoms. The molecule has 0 saturated carbocycles. The third-order valence-electron chi connectivity index (χ3n) is 4.71. The van der Waals surface area contributed by atoms with Crippen LogP contribution in [0.15, 0.2) is 22.4 Å². The first-order chi connectivity index (χ1) is 10.2. The molecule has 0 unspecified atom stereocenters. The number of piperidine rings is 3. The molecular formula is C15H18ClN3O2S. The van der Waals surface area contributed by atoms with Crippen LogP contribution in [0.4, 0.5) is 0 Å². The Morgan fingerprint density at radius 2 is 2.14 bits per heavy atom. The van der Waals surface area contributed by atoms with Gasteiger partial charge in [-0.2, -0.15) is 0 Å². The minimum atomic E-state index is -0.245. The lowest BCUT2D eigenvalue weighted by Gasteiger charge is -2.44. The summed E-state index contributed by atoms with van der Waals surface area (Å²) in [5.41, 5.74) is 0.850. The van der Waals surface area contributed by atoms with Gasteiger partial charge in [-0.15, -0.1) is 23.7 Å². The normalized spacial score (nSPS) is 26.6. The second-order valence-corrected chi connectivity index (χ2v) is 6.83. The van der Waals surface area contributed by atoms with Crippen molar-refractivity contribution in [1.29, 1.82) is 0 Å². The van der Waals surface area contributed by atoms with Crippen LogP contribution in [0.25, 0.3) is 10.2 Å². The van der Waals surface area contributed by atoms with E-state index in [-0.39, 0.29) is 35.3 Å². The van der Waals surface area contributed by atoms with E-state index < -0.39 is 0 Å². The Balaban J connectivity index is 0.00000144. The van der Waals surface area contributed by atoms with Gasteiger partial charge in [0.1, 0.15) is 5.56 Å². The number of aromatic nitrogens is 1. The van der Waals surface area contributed by atoms with Gasteiger partial charge in [0.2, 0.25) is 5.43 Å². The Morgan fingerprint density at radius 3 is 2.82 bits per heavy atom. The van der Waals surface area contributed by atoms with Crippen LogP contribution in [-0.2, 0) is 0 Å². The first-order valence-corrected chi connectivity index (χ1v) is 8.22. The molecule has 1 amide bonds. The Hall–Kier alpha value is -1.37. The van der Waals surface area contributed by atoms with Crippen molar-refractivity contribution in [2.45, 2.75) is 18.9 Å². The van der Waals surface area contributed by atoms with Gasteiger partial charge < -0.3 is 15.2 Å². The number of thiophene rings is 1. The molecule has 0 radical (unpaired) electrons. The first kappa shape index (κ1) is 15.5. The van der Waals surface area contributed by atoms with Crippen molar-refractivity contribution in [2.75, 3.05) is 19.6 Å². The van der Waals surface area contributed by atoms with E-state index in [9.17, 15) is 9.59 Å². The third-order valence-corrected chi connectivity index (χ3v) is 5.62. The molecule has 3 saturated heterocycles. The van der Waals surface area contributed by atoms with E-state index in [0.717, 1.165) is 38.0 Å². The topological polar surface area (TPSA) is 65.2 Å². The number of pyridine rings is 1. The van der Waals surface area contributed by atoms with Gasteiger partial charge in [0.25, 0.3) is 5.91 Å². The molecule has 3 fully saturated rings. The van der Waals surface area contributed by atoms with Gasteiger partial charge >= 0.3 is 0 Å². The van der Waals surface area contributed by atoms with E-state index in [1.165, 1.54) is 17.5 Å². The van der Waals surface area contributed by atoms with E-state index in [4.69, 9.17) is 0 Å². The number of fused-ring (bicyclic) bond motifs is 4. The number of carbonyl (C=O) groups is 1. The number of carbonyl (C=O) groups excluding carboxylic acids is 1. The zero-order valence-electron chi connectivity index (χ0n) is 12.0. The van der Waals surface area contributed by atoms with Crippen molar-refractivity contribution < 1.29 is 4.79 Å². The molecular weight excluding hydrogens is 322 g/mol. The summed E-state index contributed by atoms with van der Waals surface area (Å²) in [7, 11) is 0. The minimum Gasteiger partial charge on any atom is -0.359 e. The molecule has 118 valence electrons. The summed E-state index contributed by atoms with van der Waals surface area (Å²) in [5, 5.41) is 4.93. The molecule has 2 N–H and O–H groups in total. The van der Waals surface area contributed by atoms with E-state index >= 15 is 0 Å². The van der Waals surface area contributed by atoms with Gasteiger partial charge in [-0.25, -0.2) is 0 Å². The number of aromatic amines is 1. The van der Waals surface area contributed by atoms with Crippen molar-refractivity contribution in [3.8, 4) is 0 Å². The van der Waals surface area contributed by atoms with Gasteiger partial charge in [0.15, 0.2) is 0 Å². The Kier molecular flexibility index (Phi) is 4.25. The zero-order chi connectivity index (χ0) is 14.4. The number of amides is 1. The maximum Gasteiger partial charge on any atom is 0.257 e. The van der Waals surface area contributed by atoms with Crippen LogP contribution < -0.4 is 10.7 Å². The smallest absolute Gasteiger partial charge is 0.257 e. The molecule has 7 heteroatoms. The van der Waals surface area contributed by atoms with Crippen LogP contribution in [0, 0.1) is 5.92 Å². The van der Waals surface area contributed by atoms with E-state index in [1.807, 2.05) is 11.4 Å². The Morgan fingerprint density at radius 1 is 1.36 bits per heavy atom. The van der Waals surface area contributed by atoms with E-state index in [1.54, 1.807) is 0 Å². The zero-order valence-corrected chi connectivity index (χ0v) is 13.6. The summed E-state index contributed by atoms with van der Waals surface area (Å²) in [6.45, 7) is 3.19. The van der Waals surface area contributed by atoms with Gasteiger partial charge in [-0.1, -0.05) is 0 Å². The van der Waals surface area contributed by atoms with Crippen LogP contribution in [0.5, 0.6) is 0 Å². The molecule has 2 aromatic rings. The molecule has 0 aliphatic carbocycles. The summed E-state index contributed by atoms with van der Waals surface area (Å²) in [4.78, 5) is 30.2. The predicted octanol–water partition coefficient (Wildman–Crippen LogP) is 1.84. The quantitative estimate of drug-likeness (QED) is 0.877. The molecule has 2 aromatic heterocycles. The lowest BCUT2D eigenvalue weighted by atomic mass is 9.84. The van der Waals surface area contributed by atoms with Gasteiger partial charge in [0.05, 0.1) is 10.2 Å². The number of nitrogens with one attached hydrogen (secondary N) is 2. The highest BCUT2D eigenvalue weighted by Crippen LogP contribution is 2.27. The Bertz CT molecular complexity index is 749. The van der Waals surface area contributed by atoms with Gasteiger partial charge in [-0.3, -0.25) is 9.59 Å². The summed E-state index contributed by atoms with van der Waals surface area (Å²) in [5.74, 6) is 0.314. The second-order valence-electron chi connectivity index (χ2n) is 5.91. The highest BCUT2D eigenvalue weighted by atomic mass is 35.5. The van der Waals surface area contributed by atoms with E-state index in [2.05, 4.69) is 15.2 Å². The van der Waals surface area contributed by atoms with Crippen molar-refractivity contribution in [1.82, 2.24) is 15.2 Å². The minimum absolute atomic E-state index is 0. The summed E-state index contributed by atoms with van der Waals surface area (Å²) >= 11 is 1.37. The summed E-state index contributed by atoms with van der Waals surface area (Å²) in [6, 6.07) is 2.04. The van der Waals surface area contributed by atoms with Crippen LogP contribution in [0.2, 0.25) is 0 Å². The van der Waals surface area contributed by atoms with Crippen molar-refractivity contribution in [2.24, 2.45) is 5.92 Å². The number of hydrogen-bond donors (Lipinski definition) is 2. The molecule has 1 atom stereocenters.